The number of halogens is 1. The summed E-state index contributed by atoms with van der Waals surface area (Å²) in [5.74, 6) is 1.78. The largest absolute Gasteiger partial charge is 0.495 e. The first-order valence-electron chi connectivity index (χ1n) is 12.7. The Morgan fingerprint density at radius 3 is 2.74 bits per heavy atom. The molecule has 8 N–H and O–H groups in total. The molecule has 5 rings (SSSR count). The summed E-state index contributed by atoms with van der Waals surface area (Å²) in [6.45, 7) is 3.00. The summed E-state index contributed by atoms with van der Waals surface area (Å²) in [6, 6.07) is 4.16. The van der Waals surface area contributed by atoms with Gasteiger partial charge in [0.1, 0.15) is 12.1 Å². The molecule has 0 radical (unpaired) electrons. The Morgan fingerprint density at radius 1 is 1.17 bits per heavy atom. The van der Waals surface area contributed by atoms with Crippen LogP contribution in [-0.4, -0.2) is 66.4 Å². The molecule has 0 fully saturated rings. The van der Waals surface area contributed by atoms with Gasteiger partial charge in [0, 0.05) is 30.1 Å². The number of rotatable bonds is 10. The highest BCUT2D eigenvalue weighted by molar-refractivity contribution is 6.32. The summed E-state index contributed by atoms with van der Waals surface area (Å²) in [4.78, 5) is 32.0. The van der Waals surface area contributed by atoms with E-state index in [-0.39, 0.29) is 12.4 Å². The van der Waals surface area contributed by atoms with E-state index in [1.165, 1.54) is 6.33 Å². The first-order valence-corrected chi connectivity index (χ1v) is 13.1. The van der Waals surface area contributed by atoms with Gasteiger partial charge in [0.05, 0.1) is 42.6 Å². The molecule has 0 aliphatic rings. The third-order valence-corrected chi connectivity index (χ3v) is 6.54. The Bertz CT molecular complexity index is 1770. The van der Waals surface area contributed by atoms with Crippen molar-refractivity contribution in [3.8, 4) is 11.6 Å². The fourth-order valence-electron chi connectivity index (χ4n) is 4.29. The van der Waals surface area contributed by atoms with Crippen molar-refractivity contribution in [2.24, 2.45) is 11.5 Å². The van der Waals surface area contributed by atoms with Crippen LogP contribution in [0.15, 0.2) is 43.1 Å². The van der Waals surface area contributed by atoms with E-state index in [4.69, 9.17) is 27.8 Å². The van der Waals surface area contributed by atoms with E-state index in [0.29, 0.717) is 46.5 Å². The van der Waals surface area contributed by atoms with Crippen LogP contribution in [-0.2, 0) is 13.1 Å². The third-order valence-electron chi connectivity index (χ3n) is 6.25. The maximum Gasteiger partial charge on any atom is 0.321 e. The molecule has 0 bridgehead atoms. The summed E-state index contributed by atoms with van der Waals surface area (Å²) in [5, 5.41) is 26.9. The molecule has 0 aliphatic heterocycles. The number of aryl methyl sites for hydroxylation is 1. The molecular weight excluding hydrogens is 566 g/mol. The van der Waals surface area contributed by atoms with Gasteiger partial charge in [-0.2, -0.15) is 5.10 Å². The minimum atomic E-state index is -0.860. The molecule has 5 aromatic rings. The predicted octanol–water partition coefficient (Wildman–Crippen LogP) is 1.93. The highest BCUT2D eigenvalue weighted by Gasteiger charge is 2.18. The number of imidazole rings is 1. The molecule has 1 atom stereocenters. The molecule has 218 valence electrons. The van der Waals surface area contributed by atoms with Crippen molar-refractivity contribution < 1.29 is 14.3 Å². The number of urea groups is 2. The molecule has 4 heterocycles. The summed E-state index contributed by atoms with van der Waals surface area (Å²) in [7, 11) is 1.56. The summed E-state index contributed by atoms with van der Waals surface area (Å²) in [6.07, 6.45) is 5.65. The number of nitrogens with zero attached hydrogens (tertiary/aromatic N) is 7. The fourth-order valence-corrected chi connectivity index (χ4v) is 4.57. The van der Waals surface area contributed by atoms with E-state index in [1.807, 2.05) is 19.1 Å². The van der Waals surface area contributed by atoms with Crippen molar-refractivity contribution in [3.63, 3.8) is 0 Å². The van der Waals surface area contributed by atoms with Gasteiger partial charge in [0.2, 0.25) is 0 Å². The number of primary amides is 1. The zero-order valence-electron chi connectivity index (χ0n) is 22.6. The second-order valence-electron chi connectivity index (χ2n) is 9.06. The van der Waals surface area contributed by atoms with E-state index in [2.05, 4.69) is 46.5 Å². The summed E-state index contributed by atoms with van der Waals surface area (Å²) < 4.78 is 8.66. The Kier molecular flexibility index (Phi) is 8.16. The highest BCUT2D eigenvalue weighted by Crippen LogP contribution is 2.32. The van der Waals surface area contributed by atoms with Crippen molar-refractivity contribution in [1.82, 2.24) is 45.1 Å². The van der Waals surface area contributed by atoms with E-state index >= 15 is 0 Å². The smallest absolute Gasteiger partial charge is 0.321 e. The van der Waals surface area contributed by atoms with Gasteiger partial charge in [-0.05, 0) is 24.6 Å². The van der Waals surface area contributed by atoms with Gasteiger partial charge in [-0.15, -0.1) is 10.2 Å². The van der Waals surface area contributed by atoms with Gasteiger partial charge in [-0.25, -0.2) is 24.2 Å². The van der Waals surface area contributed by atoms with Gasteiger partial charge in [-0.3, -0.25) is 9.88 Å². The average Bonchev–Trinajstić information content (AvgIpc) is 3.61. The van der Waals surface area contributed by atoms with Crippen LogP contribution in [0.25, 0.3) is 27.6 Å². The molecule has 42 heavy (non-hydrogen) atoms. The van der Waals surface area contributed by atoms with Crippen molar-refractivity contribution in [3.05, 3.63) is 53.7 Å². The van der Waals surface area contributed by atoms with Gasteiger partial charge in [0.25, 0.3) is 0 Å². The topological polar surface area (TPSA) is 218 Å². The number of nitrogens with two attached hydrogens (primary N) is 2. The summed E-state index contributed by atoms with van der Waals surface area (Å²) >= 11 is 6.31. The quantitative estimate of drug-likeness (QED) is 0.129. The molecule has 1 unspecified atom stereocenters. The standard InChI is InChI=1S/C25H28ClN13O3/c1-3-39-22-15(9-33-39)20-14(8-30-22)23(37-36-21(20)29-7-13-4-5-17(42-2)16(26)6-13)38-11-19(32-12-38)35-25(41)34-18(27)10-31-24(28)40/h4-6,8-9,11-12,18H,3,7,10,27H2,1-2H3,(H,29,36)(H3,28,31,40)(H2,34,35,41). The molecule has 0 saturated heterocycles. The second-order valence-corrected chi connectivity index (χ2v) is 9.46. The summed E-state index contributed by atoms with van der Waals surface area (Å²) in [5.41, 5.74) is 12.4. The van der Waals surface area contributed by atoms with Crippen molar-refractivity contribution >= 4 is 57.1 Å². The molecule has 4 aromatic heterocycles. The zero-order valence-corrected chi connectivity index (χ0v) is 23.4. The number of anilines is 2. The normalized spacial score (nSPS) is 11.8. The number of benzene rings is 1. The molecule has 16 nitrogen and oxygen atoms in total. The van der Waals surface area contributed by atoms with Crippen LogP contribution in [0.4, 0.5) is 21.2 Å². The van der Waals surface area contributed by atoms with Crippen LogP contribution in [0.5, 0.6) is 5.75 Å². The average molecular weight is 594 g/mol. The number of fused-ring (bicyclic) bond motifs is 3. The van der Waals surface area contributed by atoms with E-state index in [9.17, 15) is 9.59 Å². The number of pyridine rings is 1. The molecule has 17 heteroatoms. The lowest BCUT2D eigenvalue weighted by Gasteiger charge is -2.14. The first-order chi connectivity index (χ1) is 20.3. The van der Waals surface area contributed by atoms with Crippen LogP contribution in [0, 0.1) is 0 Å². The lowest BCUT2D eigenvalue weighted by Crippen LogP contribution is -2.51. The van der Waals surface area contributed by atoms with E-state index in [0.717, 1.165) is 16.3 Å². The second kappa shape index (κ2) is 12.1. The van der Waals surface area contributed by atoms with Gasteiger partial charge >= 0.3 is 12.1 Å². The molecule has 1 aromatic carbocycles. The third kappa shape index (κ3) is 5.93. The number of amides is 4. The lowest BCUT2D eigenvalue weighted by molar-refractivity contribution is 0.242. The number of carbonyl (C=O) groups excluding carboxylic acids is 2. The lowest BCUT2D eigenvalue weighted by atomic mass is 10.1. The number of nitrogens with one attached hydrogen (secondary N) is 4. The zero-order chi connectivity index (χ0) is 29.8. The highest BCUT2D eigenvalue weighted by atomic mass is 35.5. The van der Waals surface area contributed by atoms with Gasteiger partial charge in [0.15, 0.2) is 23.1 Å². The van der Waals surface area contributed by atoms with Crippen molar-refractivity contribution in [2.45, 2.75) is 26.2 Å². The van der Waals surface area contributed by atoms with Gasteiger partial charge < -0.3 is 32.2 Å². The van der Waals surface area contributed by atoms with Gasteiger partial charge in [-0.1, -0.05) is 17.7 Å². The van der Waals surface area contributed by atoms with Crippen LogP contribution in [0.1, 0.15) is 12.5 Å². The number of carbonyl (C=O) groups is 2. The number of hydrogen-bond donors (Lipinski definition) is 6. The van der Waals surface area contributed by atoms with Crippen LogP contribution in [0.2, 0.25) is 5.02 Å². The van der Waals surface area contributed by atoms with Crippen LogP contribution < -0.4 is 37.5 Å². The minimum absolute atomic E-state index is 0.0409. The van der Waals surface area contributed by atoms with Crippen LogP contribution >= 0.6 is 11.6 Å². The SMILES string of the molecule is CCn1ncc2c3c(NCc4ccc(OC)c(Cl)c4)nnc(-n4cnc(NC(=O)NC(N)CNC(N)=O)c4)c3cnc21. The molecule has 0 saturated carbocycles. The first kappa shape index (κ1) is 28.3. The number of methoxy groups -OCH3 is 1. The van der Waals surface area contributed by atoms with Crippen molar-refractivity contribution in [2.75, 3.05) is 24.3 Å². The maximum atomic E-state index is 12.3. The monoisotopic (exact) mass is 593 g/mol. The Balaban J connectivity index is 1.44. The van der Waals surface area contributed by atoms with E-state index in [1.54, 1.807) is 41.0 Å². The minimum Gasteiger partial charge on any atom is -0.495 e. The van der Waals surface area contributed by atoms with Crippen molar-refractivity contribution in [1.29, 1.82) is 0 Å². The molecular formula is C25H28ClN13O3. The Labute approximate surface area is 243 Å². The molecule has 0 spiro atoms. The molecule has 0 aliphatic carbocycles. The van der Waals surface area contributed by atoms with Crippen LogP contribution in [0.3, 0.4) is 0 Å². The van der Waals surface area contributed by atoms with E-state index < -0.39 is 18.2 Å². The number of hydrogen-bond acceptors (Lipinski definition) is 10. The number of aromatic nitrogens is 7. The predicted molar refractivity (Wildman–Crippen MR) is 156 cm³/mol. The Hall–Kier alpha value is -5.22. The number of ether oxygens (including phenoxy) is 1. The maximum absolute atomic E-state index is 12.3. The molecule has 4 amide bonds. The Morgan fingerprint density at radius 2 is 2.00 bits per heavy atom. The fraction of sp³-hybridized carbons (Fsp3) is 0.240.